The smallest absolute Gasteiger partial charge is 0.133 e. The highest BCUT2D eigenvalue weighted by molar-refractivity contribution is 5.15. The maximum atomic E-state index is 5.76. The van der Waals surface area contributed by atoms with Gasteiger partial charge in [-0.25, -0.2) is 0 Å². The molecule has 2 N–H and O–H groups in total. The van der Waals surface area contributed by atoms with Crippen LogP contribution in [0.15, 0.2) is 16.7 Å². The van der Waals surface area contributed by atoms with Crippen molar-refractivity contribution in [2.24, 2.45) is 5.73 Å². The van der Waals surface area contributed by atoms with Gasteiger partial charge < -0.3 is 14.9 Å². The van der Waals surface area contributed by atoms with Crippen molar-refractivity contribution >= 4 is 0 Å². The van der Waals surface area contributed by atoms with E-state index in [2.05, 4.69) is 13.8 Å². The second-order valence-corrected chi connectivity index (χ2v) is 4.54. The zero-order valence-electron chi connectivity index (χ0n) is 11.1. The quantitative estimate of drug-likeness (QED) is 0.670. The van der Waals surface area contributed by atoms with E-state index in [1.165, 1.54) is 25.7 Å². The number of hydrogen-bond acceptors (Lipinski definition) is 3. The van der Waals surface area contributed by atoms with Crippen LogP contribution in [0.3, 0.4) is 0 Å². The van der Waals surface area contributed by atoms with Crippen molar-refractivity contribution in [1.29, 1.82) is 0 Å². The maximum Gasteiger partial charge on any atom is 0.133 e. The van der Waals surface area contributed by atoms with Gasteiger partial charge in [0, 0.05) is 12.1 Å². The van der Waals surface area contributed by atoms with Crippen molar-refractivity contribution in [3.8, 4) is 0 Å². The number of furan rings is 1. The highest BCUT2D eigenvalue weighted by Gasteiger charge is 2.07. The van der Waals surface area contributed by atoms with E-state index < -0.39 is 0 Å². The first kappa shape index (κ1) is 14.3. The van der Waals surface area contributed by atoms with Crippen LogP contribution in [0.4, 0.5) is 0 Å². The molecule has 1 aromatic rings. The van der Waals surface area contributed by atoms with Crippen LogP contribution >= 0.6 is 0 Å². The molecule has 98 valence electrons. The van der Waals surface area contributed by atoms with Crippen LogP contribution in [-0.2, 0) is 17.9 Å². The number of rotatable bonds is 9. The third-order valence-corrected chi connectivity index (χ3v) is 3.02. The van der Waals surface area contributed by atoms with Gasteiger partial charge >= 0.3 is 0 Å². The van der Waals surface area contributed by atoms with E-state index in [0.29, 0.717) is 19.3 Å². The minimum absolute atomic E-state index is 0.294. The van der Waals surface area contributed by atoms with E-state index in [9.17, 15) is 0 Å². The van der Waals surface area contributed by atoms with Gasteiger partial charge in [-0.2, -0.15) is 0 Å². The van der Waals surface area contributed by atoms with Crippen LogP contribution < -0.4 is 5.73 Å². The van der Waals surface area contributed by atoms with Gasteiger partial charge in [-0.05, 0) is 19.4 Å². The molecular weight excluding hydrogens is 214 g/mol. The first-order chi connectivity index (χ1) is 8.27. The second kappa shape index (κ2) is 8.31. The summed E-state index contributed by atoms with van der Waals surface area (Å²) in [7, 11) is 0. The third kappa shape index (κ3) is 5.37. The van der Waals surface area contributed by atoms with E-state index in [1.54, 1.807) is 6.26 Å². The fraction of sp³-hybridized carbons (Fsp3) is 0.714. The standard InChI is InChI=1S/C14H25NO2/c1-3-4-5-6-7-12(2)17-11-14-13(10-15)8-9-16-14/h8-9,12H,3-7,10-11,15H2,1-2H3. The van der Waals surface area contributed by atoms with Gasteiger partial charge in [0.25, 0.3) is 0 Å². The number of ether oxygens (including phenoxy) is 1. The van der Waals surface area contributed by atoms with Gasteiger partial charge in [0.2, 0.25) is 0 Å². The molecule has 17 heavy (non-hydrogen) atoms. The predicted molar refractivity (Wildman–Crippen MR) is 69.6 cm³/mol. The molecule has 3 heteroatoms. The first-order valence-electron chi connectivity index (χ1n) is 6.64. The molecule has 0 bridgehead atoms. The van der Waals surface area contributed by atoms with E-state index in [4.69, 9.17) is 14.9 Å². The monoisotopic (exact) mass is 239 g/mol. The van der Waals surface area contributed by atoms with Crippen molar-refractivity contribution in [1.82, 2.24) is 0 Å². The summed E-state index contributed by atoms with van der Waals surface area (Å²) < 4.78 is 11.1. The van der Waals surface area contributed by atoms with Crippen molar-refractivity contribution in [3.63, 3.8) is 0 Å². The van der Waals surface area contributed by atoms with Crippen molar-refractivity contribution in [2.45, 2.75) is 65.2 Å². The Morgan fingerprint density at radius 2 is 2.18 bits per heavy atom. The second-order valence-electron chi connectivity index (χ2n) is 4.54. The zero-order chi connectivity index (χ0) is 12.5. The minimum Gasteiger partial charge on any atom is -0.467 e. The molecule has 0 aliphatic heterocycles. The molecule has 3 nitrogen and oxygen atoms in total. The summed E-state index contributed by atoms with van der Waals surface area (Å²) in [6, 6.07) is 1.91. The summed E-state index contributed by atoms with van der Waals surface area (Å²) in [4.78, 5) is 0. The van der Waals surface area contributed by atoms with Gasteiger partial charge in [-0.3, -0.25) is 0 Å². The maximum absolute atomic E-state index is 5.76. The van der Waals surface area contributed by atoms with Gasteiger partial charge in [0.15, 0.2) is 0 Å². The molecule has 0 saturated heterocycles. The van der Waals surface area contributed by atoms with Crippen molar-refractivity contribution in [3.05, 3.63) is 23.7 Å². The summed E-state index contributed by atoms with van der Waals surface area (Å²) in [5, 5.41) is 0. The molecule has 0 amide bonds. The Morgan fingerprint density at radius 1 is 1.35 bits per heavy atom. The molecule has 0 radical (unpaired) electrons. The number of unbranched alkanes of at least 4 members (excludes halogenated alkanes) is 3. The van der Waals surface area contributed by atoms with Crippen LogP contribution in [0, 0.1) is 0 Å². The zero-order valence-corrected chi connectivity index (χ0v) is 11.1. The largest absolute Gasteiger partial charge is 0.467 e. The van der Waals surface area contributed by atoms with E-state index >= 15 is 0 Å². The predicted octanol–water partition coefficient (Wildman–Crippen LogP) is 3.61. The van der Waals surface area contributed by atoms with Gasteiger partial charge in [0.05, 0.1) is 12.4 Å². The fourth-order valence-electron chi connectivity index (χ4n) is 1.84. The van der Waals surface area contributed by atoms with Crippen LogP contribution in [-0.4, -0.2) is 6.10 Å². The molecule has 0 aliphatic rings. The van der Waals surface area contributed by atoms with Crippen molar-refractivity contribution < 1.29 is 9.15 Å². The normalized spacial score (nSPS) is 12.9. The van der Waals surface area contributed by atoms with E-state index in [-0.39, 0.29) is 0 Å². The molecule has 1 rings (SSSR count). The summed E-state index contributed by atoms with van der Waals surface area (Å²) in [6.07, 6.45) is 8.24. The van der Waals surface area contributed by atoms with E-state index in [1.807, 2.05) is 6.07 Å². The average molecular weight is 239 g/mol. The molecule has 0 aromatic carbocycles. The summed E-state index contributed by atoms with van der Waals surface area (Å²) in [6.45, 7) is 5.40. The van der Waals surface area contributed by atoms with Crippen molar-refractivity contribution in [2.75, 3.05) is 0 Å². The van der Waals surface area contributed by atoms with Crippen LogP contribution in [0.1, 0.15) is 57.3 Å². The average Bonchev–Trinajstić information content (AvgIpc) is 2.79. The molecule has 0 fully saturated rings. The first-order valence-corrected chi connectivity index (χ1v) is 6.64. The Bertz CT molecular complexity index is 296. The Labute approximate surface area is 104 Å². The fourth-order valence-corrected chi connectivity index (χ4v) is 1.84. The molecule has 1 heterocycles. The Hall–Kier alpha value is -0.800. The lowest BCUT2D eigenvalue weighted by molar-refractivity contribution is 0.0355. The molecule has 1 aromatic heterocycles. The van der Waals surface area contributed by atoms with Gasteiger partial charge in [-0.1, -0.05) is 32.6 Å². The third-order valence-electron chi connectivity index (χ3n) is 3.02. The minimum atomic E-state index is 0.294. The highest BCUT2D eigenvalue weighted by Crippen LogP contribution is 2.14. The SMILES string of the molecule is CCCCCCC(C)OCc1occc1CN. The lowest BCUT2D eigenvalue weighted by Gasteiger charge is -2.12. The Kier molecular flexibility index (Phi) is 6.97. The number of nitrogens with two attached hydrogens (primary N) is 1. The molecule has 1 unspecified atom stereocenters. The molecule has 0 saturated carbocycles. The van der Waals surface area contributed by atoms with E-state index in [0.717, 1.165) is 17.7 Å². The molecular formula is C14H25NO2. The summed E-state index contributed by atoms with van der Waals surface area (Å²) in [5.74, 6) is 0.868. The summed E-state index contributed by atoms with van der Waals surface area (Å²) >= 11 is 0. The topological polar surface area (TPSA) is 48.4 Å². The highest BCUT2D eigenvalue weighted by atomic mass is 16.5. The van der Waals surface area contributed by atoms with Gasteiger partial charge in [0.1, 0.15) is 12.4 Å². The van der Waals surface area contributed by atoms with Crippen LogP contribution in [0.5, 0.6) is 0 Å². The van der Waals surface area contributed by atoms with Crippen LogP contribution in [0.2, 0.25) is 0 Å². The molecule has 1 atom stereocenters. The molecule has 0 spiro atoms. The Morgan fingerprint density at radius 3 is 2.88 bits per heavy atom. The number of hydrogen-bond donors (Lipinski definition) is 1. The van der Waals surface area contributed by atoms with Gasteiger partial charge in [-0.15, -0.1) is 0 Å². The summed E-state index contributed by atoms with van der Waals surface area (Å²) in [5.41, 5.74) is 6.64. The Balaban J connectivity index is 2.17. The lowest BCUT2D eigenvalue weighted by atomic mass is 10.1. The lowest BCUT2D eigenvalue weighted by Crippen LogP contribution is -2.09. The molecule has 0 aliphatic carbocycles. The van der Waals surface area contributed by atoms with Crippen LogP contribution in [0.25, 0.3) is 0 Å².